The average Bonchev–Trinajstić information content (AvgIpc) is 3.09. The summed E-state index contributed by atoms with van der Waals surface area (Å²) in [5, 5.41) is 9.45. The first kappa shape index (κ1) is 26.8. The number of amides is 2. The van der Waals surface area contributed by atoms with E-state index in [1.807, 2.05) is 115 Å². The van der Waals surface area contributed by atoms with Gasteiger partial charge in [0.1, 0.15) is 6.04 Å². The number of rotatable bonds is 7. The van der Waals surface area contributed by atoms with Gasteiger partial charge in [-0.05, 0) is 36.0 Å². The number of para-hydroxylation sites is 2. The number of carbonyl (C=O) groups is 2. The van der Waals surface area contributed by atoms with Gasteiger partial charge >= 0.3 is 0 Å². The minimum atomic E-state index is -1.13. The fourth-order valence-corrected chi connectivity index (χ4v) is 4.84. The van der Waals surface area contributed by atoms with Crippen LogP contribution in [0.3, 0.4) is 0 Å². The molecule has 2 amide bonds. The number of anilines is 2. The minimum absolute atomic E-state index is 0.299. The van der Waals surface area contributed by atoms with Crippen molar-refractivity contribution in [3.8, 4) is 0 Å². The molecule has 0 spiro atoms. The van der Waals surface area contributed by atoms with Crippen molar-refractivity contribution in [3.63, 3.8) is 0 Å². The Morgan fingerprint density at radius 2 is 1.48 bits per heavy atom. The summed E-state index contributed by atoms with van der Waals surface area (Å²) in [6, 6.07) is 35.6. The molecule has 1 aliphatic heterocycles. The van der Waals surface area contributed by atoms with E-state index in [2.05, 4.69) is 16.0 Å². The monoisotopic (exact) mass is 547 g/mol. The van der Waals surface area contributed by atoms with Crippen molar-refractivity contribution < 1.29 is 9.59 Å². The number of carbonyl (C=O) groups excluding carboxylic acids is 2. The summed E-state index contributed by atoms with van der Waals surface area (Å²) >= 11 is 5.54. The van der Waals surface area contributed by atoms with Gasteiger partial charge in [0, 0.05) is 30.3 Å². The van der Waals surface area contributed by atoms with Crippen molar-refractivity contribution in [3.05, 3.63) is 132 Å². The predicted molar refractivity (Wildman–Crippen MR) is 164 cm³/mol. The van der Waals surface area contributed by atoms with Crippen molar-refractivity contribution in [1.29, 1.82) is 0 Å². The molecule has 0 saturated carbocycles. The molecule has 1 aliphatic rings. The Bertz CT molecular complexity index is 1530. The molecule has 0 unspecified atom stereocenters. The minimum Gasteiger partial charge on any atom is -0.350 e. The second kappa shape index (κ2) is 12.4. The molecule has 0 saturated heterocycles. The molecule has 40 heavy (non-hydrogen) atoms. The van der Waals surface area contributed by atoms with Gasteiger partial charge in [-0.3, -0.25) is 9.59 Å². The van der Waals surface area contributed by atoms with Crippen molar-refractivity contribution in [2.45, 2.75) is 18.6 Å². The van der Waals surface area contributed by atoms with Gasteiger partial charge < -0.3 is 20.9 Å². The molecule has 4 aromatic carbocycles. The molecule has 0 bridgehead atoms. The van der Waals surface area contributed by atoms with Crippen molar-refractivity contribution in [2.24, 2.45) is 4.99 Å². The van der Waals surface area contributed by atoms with Crippen LogP contribution in [0.4, 0.5) is 11.4 Å². The second-order valence-electron chi connectivity index (χ2n) is 9.38. The van der Waals surface area contributed by atoms with Crippen LogP contribution in [0.1, 0.15) is 16.7 Å². The van der Waals surface area contributed by atoms with Crippen molar-refractivity contribution in [2.75, 3.05) is 17.3 Å². The van der Waals surface area contributed by atoms with Crippen LogP contribution >= 0.6 is 12.2 Å². The van der Waals surface area contributed by atoms with E-state index in [1.54, 1.807) is 11.9 Å². The summed E-state index contributed by atoms with van der Waals surface area (Å²) in [6.45, 7) is 0. The van der Waals surface area contributed by atoms with E-state index in [-0.39, 0.29) is 5.91 Å². The number of hydrogen-bond donors (Lipinski definition) is 3. The highest BCUT2D eigenvalue weighted by molar-refractivity contribution is 7.80. The summed E-state index contributed by atoms with van der Waals surface area (Å²) in [6.07, 6.45) is -0.772. The summed E-state index contributed by atoms with van der Waals surface area (Å²) in [5.74, 6) is -0.731. The molecule has 200 valence electrons. The smallest absolute Gasteiger partial charge is 0.272 e. The normalized spacial score (nSPS) is 15.2. The number of fused-ring (bicyclic) bond motifs is 1. The fraction of sp³-hybridized carbons (Fsp3) is 0.125. The Kier molecular flexibility index (Phi) is 8.27. The highest BCUT2D eigenvalue weighted by atomic mass is 32.1. The number of likely N-dealkylation sites (N-methyl/N-ethyl adjacent to an activating group) is 1. The summed E-state index contributed by atoms with van der Waals surface area (Å²) in [5.41, 5.74) is 4.77. The molecule has 7 nitrogen and oxygen atoms in total. The van der Waals surface area contributed by atoms with Crippen LogP contribution in [-0.2, 0) is 16.0 Å². The molecule has 3 N–H and O–H groups in total. The molecule has 8 heteroatoms. The zero-order chi connectivity index (χ0) is 27.9. The van der Waals surface area contributed by atoms with Gasteiger partial charge in [-0.1, -0.05) is 97.1 Å². The number of nitrogens with one attached hydrogen (secondary N) is 3. The van der Waals surface area contributed by atoms with E-state index in [0.29, 0.717) is 17.2 Å². The second-order valence-corrected chi connectivity index (χ2v) is 9.78. The highest BCUT2D eigenvalue weighted by Crippen LogP contribution is 2.27. The van der Waals surface area contributed by atoms with Gasteiger partial charge in [-0.25, -0.2) is 4.99 Å². The molecule has 1 heterocycles. The van der Waals surface area contributed by atoms with Gasteiger partial charge in [0.2, 0.25) is 12.1 Å². The van der Waals surface area contributed by atoms with E-state index in [9.17, 15) is 9.59 Å². The summed E-state index contributed by atoms with van der Waals surface area (Å²) in [4.78, 5) is 33.7. The third-order valence-electron chi connectivity index (χ3n) is 6.61. The zero-order valence-electron chi connectivity index (χ0n) is 22.0. The van der Waals surface area contributed by atoms with Gasteiger partial charge in [0.25, 0.3) is 5.91 Å². The Morgan fingerprint density at radius 1 is 0.875 bits per heavy atom. The van der Waals surface area contributed by atoms with Gasteiger partial charge in [-0.15, -0.1) is 0 Å². The van der Waals surface area contributed by atoms with E-state index in [0.717, 1.165) is 28.1 Å². The lowest BCUT2D eigenvalue weighted by Crippen LogP contribution is -2.54. The third kappa shape index (κ3) is 6.24. The van der Waals surface area contributed by atoms with Crippen molar-refractivity contribution >= 4 is 46.2 Å². The van der Waals surface area contributed by atoms with Crippen LogP contribution in [0.5, 0.6) is 0 Å². The highest BCUT2D eigenvalue weighted by Gasteiger charge is 2.32. The molecule has 5 rings (SSSR count). The van der Waals surface area contributed by atoms with Crippen LogP contribution in [-0.4, -0.2) is 41.9 Å². The number of nitrogens with zero attached hydrogens (tertiary/aromatic N) is 2. The van der Waals surface area contributed by atoms with Crippen LogP contribution in [0, 0.1) is 0 Å². The molecule has 2 atom stereocenters. The maximum absolute atomic E-state index is 13.8. The fourth-order valence-electron chi connectivity index (χ4n) is 4.58. The molecular weight excluding hydrogens is 518 g/mol. The maximum atomic E-state index is 13.8. The first-order valence-corrected chi connectivity index (χ1v) is 13.4. The number of aliphatic imine (C=N–C) groups is 1. The number of benzodiazepines with no additional fused rings is 1. The average molecular weight is 548 g/mol. The topological polar surface area (TPSA) is 85.8 Å². The molecule has 0 radical (unpaired) electrons. The van der Waals surface area contributed by atoms with Gasteiger partial charge in [0.15, 0.2) is 5.11 Å². The SMILES string of the molecule is CN1C(=O)[C@H](NC(=O)[C@@H](Cc2ccccc2)NC(=S)Nc2ccccc2)N=C(c2ccccc2)c2ccccc21. The largest absolute Gasteiger partial charge is 0.350 e. The maximum Gasteiger partial charge on any atom is 0.272 e. The van der Waals surface area contributed by atoms with Crippen molar-refractivity contribution in [1.82, 2.24) is 10.6 Å². The van der Waals surface area contributed by atoms with E-state index in [1.165, 1.54) is 0 Å². The van der Waals surface area contributed by atoms with Crippen LogP contribution in [0.15, 0.2) is 120 Å². The Morgan fingerprint density at radius 3 is 2.17 bits per heavy atom. The first-order valence-electron chi connectivity index (χ1n) is 13.0. The molecule has 0 aliphatic carbocycles. The van der Waals surface area contributed by atoms with Crippen LogP contribution in [0.25, 0.3) is 0 Å². The Hall–Kier alpha value is -4.82. The standard InChI is InChI=1S/C32H29N5O2S/c1-37-27-20-12-11-19-25(27)28(23-15-7-3-8-16-23)35-29(31(37)39)36-30(38)26(21-22-13-5-2-6-14-22)34-32(40)33-24-17-9-4-10-18-24/h2-20,26,29H,21H2,1H3,(H,36,38)(H2,33,34,40)/t26-,29+/m1/s1. The summed E-state index contributed by atoms with van der Waals surface area (Å²) in [7, 11) is 1.70. The molecule has 0 fully saturated rings. The lowest BCUT2D eigenvalue weighted by atomic mass is 10.0. The third-order valence-corrected chi connectivity index (χ3v) is 6.83. The Balaban J connectivity index is 1.44. The van der Waals surface area contributed by atoms with Crippen LogP contribution in [0.2, 0.25) is 0 Å². The summed E-state index contributed by atoms with van der Waals surface area (Å²) < 4.78 is 0. The lowest BCUT2D eigenvalue weighted by molar-refractivity contribution is -0.128. The van der Waals surface area contributed by atoms with E-state index >= 15 is 0 Å². The van der Waals surface area contributed by atoms with E-state index < -0.39 is 18.1 Å². The quantitative estimate of drug-likeness (QED) is 0.296. The number of hydrogen-bond acceptors (Lipinski definition) is 4. The van der Waals surface area contributed by atoms with E-state index in [4.69, 9.17) is 17.2 Å². The Labute approximate surface area is 239 Å². The molecular formula is C32H29N5O2S. The number of benzene rings is 4. The van der Waals surface area contributed by atoms with Gasteiger partial charge in [-0.2, -0.15) is 0 Å². The number of thiocarbonyl (C=S) groups is 1. The molecule has 4 aromatic rings. The molecule has 0 aromatic heterocycles. The predicted octanol–water partition coefficient (Wildman–Crippen LogP) is 4.54. The van der Waals surface area contributed by atoms with Crippen LogP contribution < -0.4 is 20.9 Å². The zero-order valence-corrected chi connectivity index (χ0v) is 22.8. The first-order chi connectivity index (χ1) is 19.5. The lowest BCUT2D eigenvalue weighted by Gasteiger charge is -2.24. The van der Waals surface area contributed by atoms with Gasteiger partial charge in [0.05, 0.1) is 11.4 Å².